The van der Waals surface area contributed by atoms with Crippen molar-refractivity contribution in [2.45, 2.75) is 116 Å². The Morgan fingerprint density at radius 2 is 1.88 bits per heavy atom. The molecule has 42 heavy (non-hydrogen) atoms. The van der Waals surface area contributed by atoms with Crippen molar-refractivity contribution < 1.29 is 5.11 Å². The molecule has 0 spiro atoms. The van der Waals surface area contributed by atoms with E-state index in [-0.39, 0.29) is 5.92 Å². The highest BCUT2D eigenvalue weighted by Gasteiger charge is 2.38. The van der Waals surface area contributed by atoms with E-state index in [9.17, 15) is 5.11 Å². The van der Waals surface area contributed by atoms with Crippen LogP contribution in [0.1, 0.15) is 104 Å². The van der Waals surface area contributed by atoms with E-state index >= 15 is 0 Å². The van der Waals surface area contributed by atoms with Crippen molar-refractivity contribution in [3.63, 3.8) is 0 Å². The summed E-state index contributed by atoms with van der Waals surface area (Å²) < 4.78 is 0. The van der Waals surface area contributed by atoms with Crippen LogP contribution in [0, 0.1) is 29.6 Å². The molecule has 4 heteroatoms. The van der Waals surface area contributed by atoms with Gasteiger partial charge in [-0.15, -0.1) is 0 Å². The van der Waals surface area contributed by atoms with E-state index in [0.717, 1.165) is 63.7 Å². The molecule has 230 valence electrons. The third kappa shape index (κ3) is 7.98. The summed E-state index contributed by atoms with van der Waals surface area (Å²) in [5, 5.41) is 19.8. The number of allylic oxidation sites excluding steroid dienone is 10. The van der Waals surface area contributed by atoms with Gasteiger partial charge in [-0.05, 0) is 136 Å². The van der Waals surface area contributed by atoms with Crippen LogP contribution in [-0.4, -0.2) is 37.0 Å². The van der Waals surface area contributed by atoms with Crippen LogP contribution in [0.4, 0.5) is 0 Å². The number of aliphatic imine (C=N–C) groups is 1. The lowest BCUT2D eigenvalue weighted by molar-refractivity contribution is 0.181. The fourth-order valence-electron chi connectivity index (χ4n) is 8.21. The summed E-state index contributed by atoms with van der Waals surface area (Å²) in [5.74, 6) is 3.22. The van der Waals surface area contributed by atoms with Crippen molar-refractivity contribution in [1.82, 2.24) is 10.6 Å². The normalized spacial score (nSPS) is 32.9. The molecule has 7 atom stereocenters. The Hall–Kier alpha value is -2.33. The minimum absolute atomic E-state index is 0.197. The van der Waals surface area contributed by atoms with E-state index in [0.29, 0.717) is 35.8 Å². The van der Waals surface area contributed by atoms with Crippen LogP contribution in [0.3, 0.4) is 0 Å². The topological polar surface area (TPSA) is 56.7 Å². The third-order valence-corrected chi connectivity index (χ3v) is 10.6. The van der Waals surface area contributed by atoms with E-state index in [2.05, 4.69) is 78.2 Å². The molecule has 5 aliphatic carbocycles. The lowest BCUT2D eigenvalue weighted by Crippen LogP contribution is -2.45. The first kappa shape index (κ1) is 31.1. The second-order valence-corrected chi connectivity index (χ2v) is 13.8. The molecular formula is C38H57N3O. The molecule has 0 saturated carbocycles. The summed E-state index contributed by atoms with van der Waals surface area (Å²) in [4.78, 5) is 4.34. The Morgan fingerprint density at radius 3 is 2.64 bits per heavy atom. The van der Waals surface area contributed by atoms with Crippen molar-refractivity contribution in [3.8, 4) is 0 Å². The van der Waals surface area contributed by atoms with Crippen molar-refractivity contribution in [2.24, 2.45) is 34.6 Å². The molecule has 0 radical (unpaired) electrons. The summed E-state index contributed by atoms with van der Waals surface area (Å²) in [6.45, 7) is 5.63. The van der Waals surface area contributed by atoms with Gasteiger partial charge in [-0.1, -0.05) is 50.3 Å². The highest BCUT2D eigenvalue weighted by molar-refractivity contribution is 5.58. The van der Waals surface area contributed by atoms with Crippen molar-refractivity contribution in [2.75, 3.05) is 13.6 Å². The number of nitrogens with one attached hydrogen (secondary N) is 2. The van der Waals surface area contributed by atoms with Crippen molar-refractivity contribution in [3.05, 3.63) is 70.7 Å². The molecule has 0 amide bonds. The second kappa shape index (κ2) is 15.4. The largest absolute Gasteiger partial charge is 0.512 e. The second-order valence-electron chi connectivity index (χ2n) is 13.8. The number of nitrogens with zero attached hydrogens (tertiary/aromatic N) is 1. The molecule has 0 saturated heterocycles. The Bertz CT molecular complexity index is 1120. The molecule has 0 aromatic carbocycles. The first-order valence-corrected chi connectivity index (χ1v) is 17.3. The quantitative estimate of drug-likeness (QED) is 0.171. The third-order valence-electron chi connectivity index (χ3n) is 10.6. The molecule has 0 fully saturated rings. The van der Waals surface area contributed by atoms with Gasteiger partial charge in [0.1, 0.15) is 0 Å². The number of hydrogen-bond acceptors (Lipinski definition) is 4. The van der Waals surface area contributed by atoms with Crippen LogP contribution in [0.5, 0.6) is 0 Å². The van der Waals surface area contributed by atoms with E-state index < -0.39 is 0 Å². The molecule has 5 rings (SSSR count). The maximum absolute atomic E-state index is 11.8. The van der Waals surface area contributed by atoms with Crippen molar-refractivity contribution in [1.29, 1.82) is 0 Å². The SMILES string of the molecule is CN=CCC(CCNC1CCC(C2CC=CCC2)=C(O)C1C1C=CC(C)CC1)NC1=C(C2=C[C@H](C)CCC2)CCC=C1. The first-order chi connectivity index (χ1) is 20.5. The van der Waals surface area contributed by atoms with Crippen LogP contribution in [0.25, 0.3) is 0 Å². The van der Waals surface area contributed by atoms with E-state index in [4.69, 9.17) is 0 Å². The number of rotatable bonds is 11. The Kier molecular flexibility index (Phi) is 11.4. The molecular weight excluding hydrogens is 514 g/mol. The van der Waals surface area contributed by atoms with Crippen molar-refractivity contribution >= 4 is 6.21 Å². The summed E-state index contributed by atoms with van der Waals surface area (Å²) in [6.07, 6.45) is 34.8. The molecule has 3 N–H and O–H groups in total. The molecule has 0 aromatic rings. The Labute approximate surface area is 256 Å². The summed E-state index contributed by atoms with van der Waals surface area (Å²) in [7, 11) is 1.88. The summed E-state index contributed by atoms with van der Waals surface area (Å²) >= 11 is 0. The molecule has 5 aliphatic rings. The standard InChI is InChI=1S/C38H57N3O/c1-27-16-18-30(19-17-27)37-36(21-20-34(38(37)42)29-11-5-4-6-12-29)40-25-23-32(22-24-39-3)41-35-15-8-7-14-33(35)31-13-9-10-28(2)26-31/h4-5,8,15-16,18,24,26-30,32,36-37,40-42H,6-7,9-14,17,19-23,25H2,1-3H3/t27?,28-,29?,30?,32?,36?,37?/m1/s1. The Balaban J connectivity index is 1.28. The highest BCUT2D eigenvalue weighted by atomic mass is 16.3. The minimum Gasteiger partial charge on any atom is -0.512 e. The average Bonchev–Trinajstić information content (AvgIpc) is 3.01. The monoisotopic (exact) mass is 571 g/mol. The molecule has 0 heterocycles. The van der Waals surface area contributed by atoms with Gasteiger partial charge in [-0.3, -0.25) is 0 Å². The van der Waals surface area contributed by atoms with Crippen LogP contribution in [-0.2, 0) is 0 Å². The van der Waals surface area contributed by atoms with E-state index in [1.54, 1.807) is 11.1 Å². The smallest absolute Gasteiger partial charge is 0.0969 e. The predicted octanol–water partition coefficient (Wildman–Crippen LogP) is 8.91. The van der Waals surface area contributed by atoms with Crippen LogP contribution in [0.2, 0.25) is 0 Å². The molecule has 0 bridgehead atoms. The molecule has 6 unspecified atom stereocenters. The summed E-state index contributed by atoms with van der Waals surface area (Å²) in [5.41, 5.74) is 5.82. The van der Waals surface area contributed by atoms with Gasteiger partial charge in [-0.25, -0.2) is 0 Å². The van der Waals surface area contributed by atoms with Gasteiger partial charge in [0.05, 0.1) is 5.76 Å². The highest BCUT2D eigenvalue weighted by Crippen LogP contribution is 2.43. The van der Waals surface area contributed by atoms with E-state index in [1.165, 1.54) is 49.8 Å². The predicted molar refractivity (Wildman–Crippen MR) is 179 cm³/mol. The van der Waals surface area contributed by atoms with Gasteiger partial charge in [-0.2, -0.15) is 0 Å². The van der Waals surface area contributed by atoms with Gasteiger partial charge >= 0.3 is 0 Å². The Morgan fingerprint density at radius 1 is 0.976 bits per heavy atom. The van der Waals surface area contributed by atoms with Gasteiger partial charge in [0, 0.05) is 43.4 Å². The van der Waals surface area contributed by atoms with E-state index in [1.807, 2.05) is 7.05 Å². The maximum Gasteiger partial charge on any atom is 0.0969 e. The first-order valence-electron chi connectivity index (χ1n) is 17.3. The fourth-order valence-corrected chi connectivity index (χ4v) is 8.21. The van der Waals surface area contributed by atoms with Gasteiger partial charge in [0.15, 0.2) is 0 Å². The lowest BCUT2D eigenvalue weighted by Gasteiger charge is -2.41. The molecule has 0 aromatic heterocycles. The minimum atomic E-state index is 0.197. The van der Waals surface area contributed by atoms with Gasteiger partial charge in [0.2, 0.25) is 0 Å². The van der Waals surface area contributed by atoms with Crippen LogP contribution in [0.15, 0.2) is 75.7 Å². The maximum atomic E-state index is 11.8. The number of aliphatic hydroxyl groups excluding tert-OH is 1. The zero-order valence-electron chi connectivity index (χ0n) is 26.7. The lowest BCUT2D eigenvalue weighted by atomic mass is 9.69. The molecule has 0 aliphatic heterocycles. The van der Waals surface area contributed by atoms with Gasteiger partial charge in [0.25, 0.3) is 0 Å². The summed E-state index contributed by atoms with van der Waals surface area (Å²) in [6, 6.07) is 0.663. The number of aliphatic hydroxyl groups is 1. The zero-order chi connectivity index (χ0) is 29.3. The zero-order valence-corrected chi connectivity index (χ0v) is 26.7. The van der Waals surface area contributed by atoms with Crippen LogP contribution >= 0.6 is 0 Å². The average molecular weight is 572 g/mol. The van der Waals surface area contributed by atoms with Gasteiger partial charge < -0.3 is 20.7 Å². The van der Waals surface area contributed by atoms with Crippen LogP contribution < -0.4 is 10.6 Å². The number of hydrogen-bond donors (Lipinski definition) is 3. The fraction of sp³-hybridized carbons (Fsp3) is 0.658. The molecule has 4 nitrogen and oxygen atoms in total.